The van der Waals surface area contributed by atoms with Crippen LogP contribution in [-0.2, 0) is 17.8 Å². The van der Waals surface area contributed by atoms with Gasteiger partial charge in [-0.2, -0.15) is 0 Å². The third kappa shape index (κ3) is 2.92. The van der Waals surface area contributed by atoms with Crippen LogP contribution >= 0.6 is 23.1 Å². The van der Waals surface area contributed by atoms with E-state index in [1.807, 2.05) is 30.3 Å². The van der Waals surface area contributed by atoms with Gasteiger partial charge >= 0.3 is 0 Å². The number of thiophene rings is 1. The van der Waals surface area contributed by atoms with E-state index >= 15 is 0 Å². The second-order valence-electron chi connectivity index (χ2n) is 6.71. The number of fused-ring (bicyclic) bond motifs is 3. The molecule has 6 heteroatoms. The van der Waals surface area contributed by atoms with Gasteiger partial charge in [0.05, 0.1) is 23.3 Å². The molecule has 0 atom stereocenters. The highest BCUT2D eigenvalue weighted by Gasteiger charge is 2.31. The van der Waals surface area contributed by atoms with Crippen LogP contribution in [0.5, 0.6) is 0 Å². The Bertz CT molecular complexity index is 990. The highest BCUT2D eigenvalue weighted by Crippen LogP contribution is 2.37. The number of thioether (sulfide) groups is 1. The number of para-hydroxylation sites is 1. The van der Waals surface area contributed by atoms with Crippen LogP contribution in [0.1, 0.15) is 31.2 Å². The average Bonchev–Trinajstić information content (AvgIpc) is 2.92. The van der Waals surface area contributed by atoms with Crippen molar-refractivity contribution in [1.82, 2.24) is 9.55 Å². The number of hydrogen-bond donors (Lipinski definition) is 0. The summed E-state index contributed by atoms with van der Waals surface area (Å²) in [5.41, 5.74) is 1.70. The van der Waals surface area contributed by atoms with E-state index in [-0.39, 0.29) is 11.2 Å². The summed E-state index contributed by atoms with van der Waals surface area (Å²) in [5, 5.41) is 1.48. The van der Waals surface area contributed by atoms with Crippen molar-refractivity contribution < 1.29 is 4.74 Å². The van der Waals surface area contributed by atoms with Gasteiger partial charge in [0.1, 0.15) is 4.83 Å². The van der Waals surface area contributed by atoms with E-state index < -0.39 is 0 Å². The molecule has 1 aliphatic heterocycles. The fourth-order valence-corrected chi connectivity index (χ4v) is 5.34. The Morgan fingerprint density at radius 3 is 2.80 bits per heavy atom. The van der Waals surface area contributed by atoms with Crippen LogP contribution < -0.4 is 5.56 Å². The third-order valence-corrected chi connectivity index (χ3v) is 6.31. The molecule has 0 spiro atoms. The fourth-order valence-electron chi connectivity index (χ4n) is 3.16. The van der Waals surface area contributed by atoms with Crippen molar-refractivity contribution in [2.24, 2.45) is 0 Å². The SMILES string of the molecule is CCSc1nc2sc3c(c2c(=O)n1-c1ccccc1)COC(C)(C)C3. The van der Waals surface area contributed by atoms with E-state index in [1.165, 1.54) is 4.88 Å². The smallest absolute Gasteiger partial charge is 0.267 e. The highest BCUT2D eigenvalue weighted by molar-refractivity contribution is 7.99. The molecule has 0 amide bonds. The van der Waals surface area contributed by atoms with Gasteiger partial charge in [0.2, 0.25) is 0 Å². The molecule has 4 rings (SSSR count). The second kappa shape index (κ2) is 6.27. The van der Waals surface area contributed by atoms with Crippen molar-refractivity contribution in [2.75, 3.05) is 5.75 Å². The van der Waals surface area contributed by atoms with Crippen LogP contribution in [0.25, 0.3) is 15.9 Å². The van der Waals surface area contributed by atoms with E-state index in [1.54, 1.807) is 27.7 Å². The van der Waals surface area contributed by atoms with Crippen LogP contribution in [0.3, 0.4) is 0 Å². The molecule has 0 saturated heterocycles. The molecule has 25 heavy (non-hydrogen) atoms. The first-order chi connectivity index (χ1) is 12.0. The molecular weight excluding hydrogens is 352 g/mol. The molecule has 0 aliphatic carbocycles. The Morgan fingerprint density at radius 1 is 1.32 bits per heavy atom. The first kappa shape index (κ1) is 16.8. The van der Waals surface area contributed by atoms with Crippen molar-refractivity contribution in [2.45, 2.75) is 44.6 Å². The number of rotatable bonds is 3. The van der Waals surface area contributed by atoms with Gasteiger partial charge in [-0.1, -0.05) is 36.9 Å². The zero-order valence-electron chi connectivity index (χ0n) is 14.5. The van der Waals surface area contributed by atoms with E-state index in [0.29, 0.717) is 6.61 Å². The molecule has 4 nitrogen and oxygen atoms in total. The molecular formula is C19H20N2O2S2. The van der Waals surface area contributed by atoms with E-state index in [4.69, 9.17) is 9.72 Å². The summed E-state index contributed by atoms with van der Waals surface area (Å²) in [5.74, 6) is 0.867. The molecule has 0 fully saturated rings. The zero-order valence-corrected chi connectivity index (χ0v) is 16.2. The first-order valence-electron chi connectivity index (χ1n) is 8.39. The van der Waals surface area contributed by atoms with Crippen LogP contribution in [-0.4, -0.2) is 20.9 Å². The fraction of sp³-hybridized carbons (Fsp3) is 0.368. The lowest BCUT2D eigenvalue weighted by Crippen LogP contribution is -2.31. The average molecular weight is 373 g/mol. The maximum absolute atomic E-state index is 13.4. The number of nitrogens with zero attached hydrogens (tertiary/aromatic N) is 2. The summed E-state index contributed by atoms with van der Waals surface area (Å²) < 4.78 is 7.70. The van der Waals surface area contributed by atoms with Gasteiger partial charge in [-0.3, -0.25) is 9.36 Å². The Kier molecular flexibility index (Phi) is 4.22. The van der Waals surface area contributed by atoms with E-state index in [0.717, 1.165) is 38.8 Å². The molecule has 130 valence electrons. The topological polar surface area (TPSA) is 44.1 Å². The highest BCUT2D eigenvalue weighted by atomic mass is 32.2. The van der Waals surface area contributed by atoms with E-state index in [2.05, 4.69) is 20.8 Å². The summed E-state index contributed by atoms with van der Waals surface area (Å²) in [6, 6.07) is 9.75. The maximum atomic E-state index is 13.4. The lowest BCUT2D eigenvalue weighted by atomic mass is 9.98. The summed E-state index contributed by atoms with van der Waals surface area (Å²) in [6.45, 7) is 6.74. The van der Waals surface area contributed by atoms with Crippen LogP contribution in [0.2, 0.25) is 0 Å². The van der Waals surface area contributed by atoms with Crippen molar-refractivity contribution in [1.29, 1.82) is 0 Å². The molecule has 1 aliphatic rings. The Morgan fingerprint density at radius 2 is 2.08 bits per heavy atom. The van der Waals surface area contributed by atoms with Gasteiger partial charge in [0.25, 0.3) is 5.56 Å². The van der Waals surface area contributed by atoms with E-state index in [9.17, 15) is 4.79 Å². The number of aromatic nitrogens is 2. The molecule has 3 heterocycles. The van der Waals surface area contributed by atoms with Gasteiger partial charge in [-0.25, -0.2) is 4.98 Å². The molecule has 2 aromatic heterocycles. The molecule has 0 unspecified atom stereocenters. The van der Waals surface area contributed by atoms with Gasteiger partial charge in [0.15, 0.2) is 5.16 Å². The lowest BCUT2D eigenvalue weighted by Gasteiger charge is -2.29. The normalized spacial score (nSPS) is 16.1. The Hall–Kier alpha value is -1.63. The van der Waals surface area contributed by atoms with Crippen LogP contribution in [0.15, 0.2) is 40.3 Å². The lowest BCUT2D eigenvalue weighted by molar-refractivity contribution is -0.0382. The summed E-state index contributed by atoms with van der Waals surface area (Å²) in [6.07, 6.45) is 0.824. The molecule has 0 bridgehead atoms. The summed E-state index contributed by atoms with van der Waals surface area (Å²) in [7, 11) is 0. The number of hydrogen-bond acceptors (Lipinski definition) is 5. The van der Waals surface area contributed by atoms with Crippen molar-refractivity contribution in [3.63, 3.8) is 0 Å². The maximum Gasteiger partial charge on any atom is 0.267 e. The van der Waals surface area contributed by atoms with Gasteiger partial charge in [0, 0.05) is 16.9 Å². The minimum atomic E-state index is -0.187. The molecule has 3 aromatic rings. The zero-order chi connectivity index (χ0) is 17.6. The minimum absolute atomic E-state index is 0.00737. The van der Waals surface area contributed by atoms with Crippen LogP contribution in [0.4, 0.5) is 0 Å². The predicted octanol–water partition coefficient (Wildman–Crippen LogP) is 4.41. The number of ether oxygens (including phenoxy) is 1. The van der Waals surface area contributed by atoms with Gasteiger partial charge in [-0.15, -0.1) is 11.3 Å². The van der Waals surface area contributed by atoms with Gasteiger partial charge < -0.3 is 4.74 Å². The van der Waals surface area contributed by atoms with Crippen molar-refractivity contribution in [3.8, 4) is 5.69 Å². The molecule has 0 saturated carbocycles. The first-order valence-corrected chi connectivity index (χ1v) is 10.2. The van der Waals surface area contributed by atoms with Crippen molar-refractivity contribution in [3.05, 3.63) is 51.1 Å². The molecule has 0 N–H and O–H groups in total. The molecule has 0 radical (unpaired) electrons. The van der Waals surface area contributed by atoms with Crippen LogP contribution in [0, 0.1) is 0 Å². The predicted molar refractivity (Wildman–Crippen MR) is 104 cm³/mol. The Balaban J connectivity index is 2.00. The second-order valence-corrected chi connectivity index (χ2v) is 9.03. The standard InChI is InChI=1S/C19H20N2O2S2/c1-4-24-18-20-16-15(13-11-23-19(2,3)10-14(13)25-16)17(22)21(18)12-8-6-5-7-9-12/h5-9H,4,10-11H2,1-3H3. The van der Waals surface area contributed by atoms with Crippen molar-refractivity contribution >= 4 is 33.3 Å². The monoisotopic (exact) mass is 372 g/mol. The summed E-state index contributed by atoms with van der Waals surface area (Å²) in [4.78, 5) is 20.3. The number of benzene rings is 1. The molecule has 1 aromatic carbocycles. The summed E-state index contributed by atoms with van der Waals surface area (Å²) >= 11 is 3.24. The Labute approximate surface area is 154 Å². The quantitative estimate of drug-likeness (QED) is 0.505. The third-order valence-electron chi connectivity index (χ3n) is 4.36. The largest absolute Gasteiger partial charge is 0.370 e. The van der Waals surface area contributed by atoms with Gasteiger partial charge in [-0.05, 0) is 31.7 Å². The minimum Gasteiger partial charge on any atom is -0.370 e.